The molecule has 3 aromatic rings. The van der Waals surface area contributed by atoms with Crippen molar-refractivity contribution in [2.24, 2.45) is 5.92 Å². The average molecular weight is 440 g/mol. The predicted molar refractivity (Wildman–Crippen MR) is 122 cm³/mol. The van der Waals surface area contributed by atoms with Gasteiger partial charge >= 0.3 is 6.03 Å². The number of carbonyl (C=O) groups excluding carboxylic acids is 2. The number of hydrogen-bond donors (Lipinski definition) is 3. The van der Waals surface area contributed by atoms with Crippen molar-refractivity contribution in [1.29, 1.82) is 0 Å². The molecule has 3 N–H and O–H groups in total. The number of rotatable bonds is 7. The maximum absolute atomic E-state index is 12.8. The highest BCUT2D eigenvalue weighted by Crippen LogP contribution is 2.28. The number of aromatic nitrogens is 2. The average Bonchev–Trinajstić information content (AvgIpc) is 3.22. The third kappa shape index (κ3) is 5.79. The number of ether oxygens (including phenoxy) is 1. The Morgan fingerprint density at radius 3 is 2.35 bits per heavy atom. The largest absolute Gasteiger partial charge is 0.497 e. The zero-order valence-electron chi connectivity index (χ0n) is 17.8. The molecule has 8 nitrogen and oxygen atoms in total. The summed E-state index contributed by atoms with van der Waals surface area (Å²) in [5.41, 5.74) is 2.49. The highest BCUT2D eigenvalue weighted by atomic mass is 32.1. The second-order valence-electron chi connectivity index (χ2n) is 7.27. The van der Waals surface area contributed by atoms with Crippen LogP contribution < -0.4 is 20.7 Å². The van der Waals surface area contributed by atoms with Crippen LogP contribution in [0.5, 0.6) is 5.75 Å². The van der Waals surface area contributed by atoms with Crippen molar-refractivity contribution in [2.45, 2.75) is 26.8 Å². The van der Waals surface area contributed by atoms with Crippen molar-refractivity contribution in [1.82, 2.24) is 15.5 Å². The SMILES string of the molecule is COc1ccc(-c2nnc(NC(=O)C(NC(=O)Nc3ccccc3C)C(C)C)s2)cc1. The van der Waals surface area contributed by atoms with E-state index in [9.17, 15) is 9.59 Å². The van der Waals surface area contributed by atoms with Crippen LogP contribution in [-0.4, -0.2) is 35.3 Å². The molecule has 31 heavy (non-hydrogen) atoms. The standard InChI is InChI=1S/C22H25N5O3S/c1-13(2)18(24-21(29)23-17-8-6-5-7-14(17)3)19(28)25-22-27-26-20(31-22)15-9-11-16(30-4)12-10-15/h5-13,18H,1-4H3,(H2,23,24,29)(H,25,27,28). The summed E-state index contributed by atoms with van der Waals surface area (Å²) in [6.07, 6.45) is 0. The van der Waals surface area contributed by atoms with Crippen LogP contribution in [0.25, 0.3) is 10.6 Å². The van der Waals surface area contributed by atoms with Crippen LogP contribution in [0.1, 0.15) is 19.4 Å². The van der Waals surface area contributed by atoms with Crippen molar-refractivity contribution >= 4 is 34.1 Å². The summed E-state index contributed by atoms with van der Waals surface area (Å²) in [6, 6.07) is 13.7. The van der Waals surface area contributed by atoms with Gasteiger partial charge in [-0.3, -0.25) is 10.1 Å². The van der Waals surface area contributed by atoms with Crippen molar-refractivity contribution in [3.05, 3.63) is 54.1 Å². The number of urea groups is 1. The summed E-state index contributed by atoms with van der Waals surface area (Å²) >= 11 is 1.26. The topological polar surface area (TPSA) is 105 Å². The Kier molecular flexibility index (Phi) is 7.19. The van der Waals surface area contributed by atoms with Gasteiger partial charge in [-0.05, 0) is 48.7 Å². The molecule has 0 fully saturated rings. The maximum Gasteiger partial charge on any atom is 0.319 e. The first kappa shape index (κ1) is 22.2. The molecule has 2 aromatic carbocycles. The molecule has 0 aliphatic rings. The normalized spacial score (nSPS) is 11.6. The molecule has 1 atom stereocenters. The number of anilines is 2. The lowest BCUT2D eigenvalue weighted by Crippen LogP contribution is -2.48. The van der Waals surface area contributed by atoms with Crippen molar-refractivity contribution < 1.29 is 14.3 Å². The Morgan fingerprint density at radius 2 is 1.71 bits per heavy atom. The minimum absolute atomic E-state index is 0.128. The second-order valence-corrected chi connectivity index (χ2v) is 8.24. The van der Waals surface area contributed by atoms with E-state index in [0.717, 1.165) is 16.9 Å². The van der Waals surface area contributed by atoms with Gasteiger partial charge in [-0.1, -0.05) is 43.4 Å². The van der Waals surface area contributed by atoms with E-state index >= 15 is 0 Å². The summed E-state index contributed by atoms with van der Waals surface area (Å²) in [4.78, 5) is 25.2. The monoisotopic (exact) mass is 439 g/mol. The predicted octanol–water partition coefficient (Wildman–Crippen LogP) is 4.31. The summed E-state index contributed by atoms with van der Waals surface area (Å²) in [6.45, 7) is 5.63. The van der Waals surface area contributed by atoms with Crippen LogP contribution in [0.3, 0.4) is 0 Å². The lowest BCUT2D eigenvalue weighted by molar-refractivity contribution is -0.118. The fourth-order valence-electron chi connectivity index (χ4n) is 2.85. The molecule has 3 amide bonds. The number of amides is 3. The zero-order valence-corrected chi connectivity index (χ0v) is 18.6. The molecule has 1 aromatic heterocycles. The first-order chi connectivity index (χ1) is 14.9. The highest BCUT2D eigenvalue weighted by Gasteiger charge is 2.25. The summed E-state index contributed by atoms with van der Waals surface area (Å²) in [5, 5.41) is 17.5. The first-order valence-electron chi connectivity index (χ1n) is 9.79. The van der Waals surface area contributed by atoms with Crippen LogP contribution in [0.4, 0.5) is 15.6 Å². The number of benzene rings is 2. The van der Waals surface area contributed by atoms with Crippen LogP contribution in [-0.2, 0) is 4.79 Å². The molecule has 0 radical (unpaired) electrons. The fraction of sp³-hybridized carbons (Fsp3) is 0.273. The molecule has 162 valence electrons. The summed E-state index contributed by atoms with van der Waals surface area (Å²) < 4.78 is 5.16. The third-order valence-electron chi connectivity index (χ3n) is 4.62. The van der Waals surface area contributed by atoms with Gasteiger partial charge in [-0.15, -0.1) is 10.2 Å². The number of methoxy groups -OCH3 is 1. The maximum atomic E-state index is 12.8. The van der Waals surface area contributed by atoms with Gasteiger partial charge in [0.1, 0.15) is 16.8 Å². The molecule has 0 aliphatic carbocycles. The number of nitrogens with zero attached hydrogens (tertiary/aromatic N) is 2. The molecule has 1 heterocycles. The molecule has 0 saturated carbocycles. The second kappa shape index (κ2) is 10.0. The lowest BCUT2D eigenvalue weighted by Gasteiger charge is -2.21. The van der Waals surface area contributed by atoms with Crippen LogP contribution >= 0.6 is 11.3 Å². The molecule has 9 heteroatoms. The van der Waals surface area contributed by atoms with E-state index in [0.29, 0.717) is 15.8 Å². The minimum atomic E-state index is -0.739. The summed E-state index contributed by atoms with van der Waals surface area (Å²) in [5.74, 6) is 0.264. The van der Waals surface area contributed by atoms with E-state index in [2.05, 4.69) is 26.1 Å². The third-order valence-corrected chi connectivity index (χ3v) is 5.51. The Bertz CT molecular complexity index is 1050. The van der Waals surface area contributed by atoms with Crippen molar-refractivity contribution in [3.63, 3.8) is 0 Å². The van der Waals surface area contributed by atoms with Crippen molar-refractivity contribution in [3.8, 4) is 16.3 Å². The van der Waals surface area contributed by atoms with Gasteiger partial charge in [0.2, 0.25) is 11.0 Å². The molecule has 0 spiro atoms. The van der Waals surface area contributed by atoms with Crippen LogP contribution in [0, 0.1) is 12.8 Å². The van der Waals surface area contributed by atoms with Gasteiger partial charge in [0.15, 0.2) is 0 Å². The van der Waals surface area contributed by atoms with Gasteiger partial charge in [-0.2, -0.15) is 0 Å². The molecule has 0 bridgehead atoms. The molecule has 1 unspecified atom stereocenters. The van der Waals surface area contributed by atoms with Gasteiger partial charge in [0.25, 0.3) is 0 Å². The number of nitrogens with one attached hydrogen (secondary N) is 3. The molecular weight excluding hydrogens is 414 g/mol. The highest BCUT2D eigenvalue weighted by molar-refractivity contribution is 7.18. The molecule has 0 saturated heterocycles. The Hall–Kier alpha value is -3.46. The van der Waals surface area contributed by atoms with Gasteiger partial charge in [0.05, 0.1) is 7.11 Å². The van der Waals surface area contributed by atoms with E-state index in [4.69, 9.17) is 4.74 Å². The zero-order chi connectivity index (χ0) is 22.4. The van der Waals surface area contributed by atoms with Crippen LogP contribution in [0.2, 0.25) is 0 Å². The minimum Gasteiger partial charge on any atom is -0.497 e. The van der Waals surface area contributed by atoms with E-state index < -0.39 is 12.1 Å². The summed E-state index contributed by atoms with van der Waals surface area (Å²) in [7, 11) is 1.61. The first-order valence-corrected chi connectivity index (χ1v) is 10.6. The lowest BCUT2D eigenvalue weighted by atomic mass is 10.0. The van der Waals surface area contributed by atoms with Gasteiger partial charge in [0, 0.05) is 11.3 Å². The number of carbonyl (C=O) groups is 2. The Labute approximate surface area is 185 Å². The number of para-hydroxylation sites is 1. The van der Waals surface area contributed by atoms with Crippen LogP contribution in [0.15, 0.2) is 48.5 Å². The fourth-order valence-corrected chi connectivity index (χ4v) is 3.61. The van der Waals surface area contributed by atoms with E-state index in [1.165, 1.54) is 11.3 Å². The Balaban J connectivity index is 1.64. The Morgan fingerprint density at radius 1 is 1.00 bits per heavy atom. The van der Waals surface area contributed by atoms with Crippen molar-refractivity contribution in [2.75, 3.05) is 17.7 Å². The molecular formula is C22H25N5O3S. The van der Waals surface area contributed by atoms with Gasteiger partial charge < -0.3 is 15.4 Å². The molecule has 3 rings (SSSR count). The smallest absolute Gasteiger partial charge is 0.319 e. The quantitative estimate of drug-likeness (QED) is 0.509. The van der Waals surface area contributed by atoms with E-state index in [-0.39, 0.29) is 11.8 Å². The number of hydrogen-bond acceptors (Lipinski definition) is 6. The van der Waals surface area contributed by atoms with Gasteiger partial charge in [-0.25, -0.2) is 4.79 Å². The van der Waals surface area contributed by atoms with E-state index in [1.54, 1.807) is 13.2 Å². The molecule has 0 aliphatic heterocycles. The van der Waals surface area contributed by atoms with E-state index in [1.807, 2.05) is 63.2 Å². The number of aryl methyl sites for hydroxylation is 1.